The fourth-order valence-corrected chi connectivity index (χ4v) is 4.12. The number of nitrogen functional groups attached to an aromatic ring is 1. The number of hydrogen-bond donors (Lipinski definition) is 3. The highest BCUT2D eigenvalue weighted by Crippen LogP contribution is 2.19. The van der Waals surface area contributed by atoms with Gasteiger partial charge in [-0.15, -0.1) is 0 Å². The molecule has 1 saturated heterocycles. The number of para-hydroxylation sites is 2. The second-order valence-electron chi connectivity index (χ2n) is 9.24. The van der Waals surface area contributed by atoms with Crippen LogP contribution in [0.15, 0.2) is 79.3 Å². The van der Waals surface area contributed by atoms with Crippen LogP contribution in [0.2, 0.25) is 0 Å². The summed E-state index contributed by atoms with van der Waals surface area (Å²) >= 11 is 0. The molecule has 0 spiro atoms. The van der Waals surface area contributed by atoms with E-state index in [1.807, 2.05) is 18.2 Å². The van der Waals surface area contributed by atoms with Gasteiger partial charge in [-0.1, -0.05) is 30.8 Å². The fourth-order valence-electron chi connectivity index (χ4n) is 4.12. The Hall–Kier alpha value is -3.95. The maximum Gasteiger partial charge on any atom is 0.274 e. The summed E-state index contributed by atoms with van der Waals surface area (Å²) in [4.78, 5) is 23.9. The maximum absolute atomic E-state index is 13.7. The van der Waals surface area contributed by atoms with Crippen molar-refractivity contribution in [2.45, 2.75) is 6.54 Å². The lowest BCUT2D eigenvalue weighted by Gasteiger charge is -2.35. The number of likely N-dealkylation sites (N-methyl/N-ethyl adjacent to an activating group) is 1. The van der Waals surface area contributed by atoms with Gasteiger partial charge in [-0.2, -0.15) is 0 Å². The van der Waals surface area contributed by atoms with Gasteiger partial charge in [-0.3, -0.25) is 14.7 Å². The van der Waals surface area contributed by atoms with Crippen LogP contribution < -0.4 is 16.4 Å². The SMILES string of the molecule is C=C(Nc1cccc(F)c1)N(CCN1CCN(C)CC1)Cc1ccc(C(=O)Nc2ccccc2N)nc1. The summed E-state index contributed by atoms with van der Waals surface area (Å²) in [5.74, 6) is 0.0340. The van der Waals surface area contributed by atoms with Gasteiger partial charge in [-0.25, -0.2) is 4.39 Å². The van der Waals surface area contributed by atoms with Gasteiger partial charge in [-0.05, 0) is 49.0 Å². The summed E-state index contributed by atoms with van der Waals surface area (Å²) in [6.45, 7) is 10.5. The highest BCUT2D eigenvalue weighted by molar-refractivity contribution is 6.04. The van der Waals surface area contributed by atoms with Crippen LogP contribution in [0, 0.1) is 5.82 Å². The van der Waals surface area contributed by atoms with Crippen LogP contribution >= 0.6 is 0 Å². The van der Waals surface area contributed by atoms with Crippen molar-refractivity contribution in [2.24, 2.45) is 0 Å². The molecule has 9 heteroatoms. The normalized spacial score (nSPS) is 14.2. The van der Waals surface area contributed by atoms with Crippen molar-refractivity contribution in [2.75, 3.05) is 62.7 Å². The van der Waals surface area contributed by atoms with Crippen LogP contribution in [0.1, 0.15) is 16.1 Å². The van der Waals surface area contributed by atoms with E-state index in [1.165, 1.54) is 12.1 Å². The number of hydrogen-bond acceptors (Lipinski definition) is 7. The molecule has 0 unspecified atom stereocenters. The Balaban J connectivity index is 1.42. The van der Waals surface area contributed by atoms with Gasteiger partial charge >= 0.3 is 0 Å². The summed E-state index contributed by atoms with van der Waals surface area (Å²) < 4.78 is 13.7. The maximum atomic E-state index is 13.7. The Kier molecular flexibility index (Phi) is 8.71. The molecule has 3 aromatic rings. The minimum Gasteiger partial charge on any atom is -0.397 e. The molecule has 0 aliphatic carbocycles. The number of amides is 1. The molecular formula is C28H34FN7O. The molecule has 194 valence electrons. The number of carbonyl (C=O) groups is 1. The van der Waals surface area contributed by atoms with Crippen molar-refractivity contribution in [1.82, 2.24) is 19.7 Å². The molecule has 1 aromatic heterocycles. The third kappa shape index (κ3) is 7.52. The zero-order valence-electron chi connectivity index (χ0n) is 21.2. The van der Waals surface area contributed by atoms with Crippen molar-refractivity contribution < 1.29 is 9.18 Å². The minimum absolute atomic E-state index is 0.299. The second-order valence-corrected chi connectivity index (χ2v) is 9.24. The molecule has 8 nitrogen and oxygen atoms in total. The number of pyridine rings is 1. The largest absolute Gasteiger partial charge is 0.397 e. The van der Waals surface area contributed by atoms with E-state index in [2.05, 4.69) is 43.9 Å². The van der Waals surface area contributed by atoms with E-state index in [9.17, 15) is 9.18 Å². The Morgan fingerprint density at radius 1 is 1.08 bits per heavy atom. The zero-order chi connectivity index (χ0) is 26.2. The van der Waals surface area contributed by atoms with Gasteiger partial charge in [0.05, 0.1) is 17.2 Å². The number of nitrogens with one attached hydrogen (secondary N) is 2. The first-order valence-corrected chi connectivity index (χ1v) is 12.4. The van der Waals surface area contributed by atoms with Gasteiger partial charge in [0.25, 0.3) is 5.91 Å². The molecule has 1 aliphatic heterocycles. The van der Waals surface area contributed by atoms with Crippen LogP contribution in [0.4, 0.5) is 21.5 Å². The molecule has 0 bridgehead atoms. The second kappa shape index (κ2) is 12.3. The van der Waals surface area contributed by atoms with Gasteiger partial charge in [0.1, 0.15) is 11.5 Å². The molecule has 2 aromatic carbocycles. The third-order valence-electron chi connectivity index (χ3n) is 6.42. The fraction of sp³-hybridized carbons (Fsp3) is 0.286. The molecule has 37 heavy (non-hydrogen) atoms. The number of nitrogens with two attached hydrogens (primary N) is 1. The first kappa shape index (κ1) is 26.1. The molecule has 2 heterocycles. The number of piperazine rings is 1. The summed E-state index contributed by atoms with van der Waals surface area (Å²) in [6.07, 6.45) is 1.70. The number of nitrogens with zero attached hydrogens (tertiary/aromatic N) is 4. The standard InChI is InChI=1S/C28H34FN7O/c1-21(32-24-7-5-6-23(29)18-24)36(17-16-35-14-12-34(2)13-15-35)20-22-10-11-27(31-19-22)28(37)33-26-9-4-3-8-25(26)30/h3-11,18-19,32H,1,12-17,20,30H2,2H3,(H,33,37). The smallest absolute Gasteiger partial charge is 0.274 e. The molecule has 0 atom stereocenters. The summed E-state index contributed by atoms with van der Waals surface area (Å²) in [5, 5.41) is 6.02. The van der Waals surface area contributed by atoms with Crippen LogP contribution in [0.5, 0.6) is 0 Å². The lowest BCUT2D eigenvalue weighted by molar-refractivity contribution is 0.102. The summed E-state index contributed by atoms with van der Waals surface area (Å²) in [7, 11) is 2.14. The van der Waals surface area contributed by atoms with E-state index in [-0.39, 0.29) is 11.7 Å². The molecule has 1 aliphatic rings. The Morgan fingerprint density at radius 3 is 2.57 bits per heavy atom. The van der Waals surface area contributed by atoms with Crippen molar-refractivity contribution in [3.63, 3.8) is 0 Å². The molecule has 0 radical (unpaired) electrons. The first-order chi connectivity index (χ1) is 17.9. The average Bonchev–Trinajstić information content (AvgIpc) is 2.89. The molecule has 4 N–H and O–H groups in total. The molecule has 4 rings (SSSR count). The first-order valence-electron chi connectivity index (χ1n) is 12.4. The van der Waals surface area contributed by atoms with Gasteiger partial charge < -0.3 is 26.2 Å². The Morgan fingerprint density at radius 2 is 1.86 bits per heavy atom. The molecular weight excluding hydrogens is 469 g/mol. The van der Waals surface area contributed by atoms with Gasteiger partial charge in [0, 0.05) is 57.7 Å². The van der Waals surface area contributed by atoms with E-state index in [1.54, 1.807) is 36.5 Å². The molecule has 1 fully saturated rings. The number of benzene rings is 2. The van der Waals surface area contributed by atoms with E-state index >= 15 is 0 Å². The highest BCUT2D eigenvalue weighted by Gasteiger charge is 2.17. The third-order valence-corrected chi connectivity index (χ3v) is 6.42. The lowest BCUT2D eigenvalue weighted by atomic mass is 10.2. The summed E-state index contributed by atoms with van der Waals surface area (Å²) in [5.41, 5.74) is 8.83. The Labute approximate surface area is 217 Å². The van der Waals surface area contributed by atoms with Crippen molar-refractivity contribution in [1.29, 1.82) is 0 Å². The average molecular weight is 504 g/mol. The van der Waals surface area contributed by atoms with Crippen LogP contribution in [-0.2, 0) is 6.54 Å². The Bertz CT molecular complexity index is 1210. The van der Waals surface area contributed by atoms with Gasteiger partial charge in [0.2, 0.25) is 0 Å². The predicted molar refractivity (Wildman–Crippen MR) is 147 cm³/mol. The van der Waals surface area contributed by atoms with E-state index < -0.39 is 0 Å². The van der Waals surface area contributed by atoms with Crippen LogP contribution in [-0.4, -0.2) is 71.9 Å². The summed E-state index contributed by atoms with van der Waals surface area (Å²) in [6, 6.07) is 17.0. The van der Waals surface area contributed by atoms with E-state index in [0.717, 1.165) is 44.8 Å². The number of carbonyl (C=O) groups excluding carboxylic acids is 1. The lowest BCUT2D eigenvalue weighted by Crippen LogP contribution is -2.47. The number of aromatic nitrogens is 1. The number of rotatable bonds is 10. The number of halogens is 1. The van der Waals surface area contributed by atoms with Crippen molar-refractivity contribution >= 4 is 23.0 Å². The van der Waals surface area contributed by atoms with E-state index in [0.29, 0.717) is 35.1 Å². The topological polar surface area (TPSA) is 89.8 Å². The van der Waals surface area contributed by atoms with Crippen molar-refractivity contribution in [3.8, 4) is 0 Å². The number of anilines is 3. The minimum atomic E-state index is -0.325. The predicted octanol–water partition coefficient (Wildman–Crippen LogP) is 3.69. The van der Waals surface area contributed by atoms with Gasteiger partial charge in [0.15, 0.2) is 0 Å². The monoisotopic (exact) mass is 503 g/mol. The quantitative estimate of drug-likeness (QED) is 0.364. The van der Waals surface area contributed by atoms with Crippen molar-refractivity contribution in [3.05, 3.63) is 96.3 Å². The van der Waals surface area contributed by atoms with E-state index in [4.69, 9.17) is 5.73 Å². The molecule has 1 amide bonds. The highest BCUT2D eigenvalue weighted by atomic mass is 19.1. The molecule has 0 saturated carbocycles. The van der Waals surface area contributed by atoms with Crippen LogP contribution in [0.25, 0.3) is 0 Å². The van der Waals surface area contributed by atoms with Crippen LogP contribution in [0.3, 0.4) is 0 Å². The zero-order valence-corrected chi connectivity index (χ0v) is 21.2.